The van der Waals surface area contributed by atoms with E-state index < -0.39 is 66.2 Å². The number of amides is 4. The predicted molar refractivity (Wildman–Crippen MR) is 150 cm³/mol. The third-order valence-corrected chi connectivity index (χ3v) is 9.24. The third kappa shape index (κ3) is 6.70. The number of piperidine rings is 1. The Morgan fingerprint density at radius 2 is 1.89 bits per heavy atom. The van der Waals surface area contributed by atoms with Gasteiger partial charge in [0.05, 0.1) is 11.7 Å². The molecule has 4 rings (SSSR count). The highest BCUT2D eigenvalue weighted by atomic mass is 19.4. The number of nitrogens with zero attached hydrogens (tertiary/aromatic N) is 3. The minimum Gasteiger partial charge on any atom is -0.470 e. The van der Waals surface area contributed by atoms with Crippen molar-refractivity contribution in [3.05, 3.63) is 11.8 Å². The number of hydrogen-bond acceptors (Lipinski definition) is 7. The van der Waals surface area contributed by atoms with Crippen LogP contribution in [-0.2, 0) is 37.4 Å². The Hall–Kier alpha value is -3.65. The fourth-order valence-electron chi connectivity index (χ4n) is 6.47. The van der Waals surface area contributed by atoms with Crippen molar-refractivity contribution >= 4 is 29.4 Å². The molecule has 0 unspecified atom stereocenters. The second-order valence-electron chi connectivity index (χ2n) is 12.9. The van der Waals surface area contributed by atoms with E-state index in [1.165, 1.54) is 23.4 Å². The summed E-state index contributed by atoms with van der Waals surface area (Å²) in [5.41, 5.74) is 0.437. The summed E-state index contributed by atoms with van der Waals surface area (Å²) in [5, 5.41) is 11.5. The van der Waals surface area contributed by atoms with Crippen molar-refractivity contribution < 1.29 is 41.9 Å². The molecule has 12 nitrogen and oxygen atoms in total. The average molecular weight is 627 g/mol. The summed E-state index contributed by atoms with van der Waals surface area (Å²) >= 11 is 0. The van der Waals surface area contributed by atoms with Crippen LogP contribution in [0.4, 0.5) is 13.2 Å². The first-order valence-electron chi connectivity index (χ1n) is 14.9. The number of hydrogen-bond donors (Lipinski definition) is 3. The number of rotatable bonds is 12. The molecule has 244 valence electrons. The van der Waals surface area contributed by atoms with Crippen LogP contribution in [0.5, 0.6) is 5.88 Å². The van der Waals surface area contributed by atoms with E-state index >= 15 is 0 Å². The topological polar surface area (TPSA) is 152 Å². The standard InChI is InChI=1S/C29H41F3N6O6/c1-7-16-11-20(37(6)36-16)44-13-19(39)18(10-15-8-9-33-24(15)40)34-25(41)23-21-17(28(21,4)5)12-38(23)26(42)22(14(2)3)35-27(43)29(30,31)32/h11,14-15,17-18,21-23H,7-10,12-13H2,1-6H3,(H,33,40)(H,34,41)(H,35,43)/t15-,17-,18-,21-,22-,23-/m0/s1. The molecule has 3 fully saturated rings. The molecule has 1 aromatic rings. The maximum Gasteiger partial charge on any atom is 0.471 e. The van der Waals surface area contributed by atoms with Crippen molar-refractivity contribution in [1.82, 2.24) is 30.6 Å². The molecule has 3 heterocycles. The van der Waals surface area contributed by atoms with Crippen molar-refractivity contribution in [2.45, 2.75) is 78.2 Å². The van der Waals surface area contributed by atoms with Gasteiger partial charge in [-0.3, -0.25) is 24.0 Å². The quantitative estimate of drug-likeness (QED) is 0.315. The van der Waals surface area contributed by atoms with E-state index in [2.05, 4.69) is 15.7 Å². The van der Waals surface area contributed by atoms with Gasteiger partial charge in [-0.05, 0) is 42.4 Å². The van der Waals surface area contributed by atoms with Crippen molar-refractivity contribution in [1.29, 1.82) is 0 Å². The van der Waals surface area contributed by atoms with Crippen molar-refractivity contribution in [3.63, 3.8) is 0 Å². The zero-order chi connectivity index (χ0) is 32.7. The lowest BCUT2D eigenvalue weighted by molar-refractivity contribution is -0.175. The summed E-state index contributed by atoms with van der Waals surface area (Å²) in [6, 6.07) is -2.02. The lowest BCUT2D eigenvalue weighted by atomic mass is 9.94. The number of ether oxygens (including phenoxy) is 1. The zero-order valence-corrected chi connectivity index (χ0v) is 25.8. The molecular formula is C29H41F3N6O6. The highest BCUT2D eigenvalue weighted by molar-refractivity contribution is 5.97. The molecule has 0 bridgehead atoms. The number of likely N-dealkylation sites (tertiary alicyclic amines) is 1. The van der Waals surface area contributed by atoms with Crippen LogP contribution in [-0.4, -0.2) is 88.1 Å². The first-order valence-corrected chi connectivity index (χ1v) is 14.9. The minimum absolute atomic E-state index is 0.0137. The van der Waals surface area contributed by atoms with E-state index in [0.717, 1.165) is 5.69 Å². The van der Waals surface area contributed by atoms with Crippen molar-refractivity contribution in [2.24, 2.45) is 36.1 Å². The summed E-state index contributed by atoms with van der Waals surface area (Å²) in [6.07, 6.45) is -4.04. The number of carbonyl (C=O) groups excluding carboxylic acids is 5. The van der Waals surface area contributed by atoms with E-state index in [1.54, 1.807) is 18.4 Å². The van der Waals surface area contributed by atoms with Crippen molar-refractivity contribution in [3.8, 4) is 5.88 Å². The van der Waals surface area contributed by atoms with E-state index in [0.29, 0.717) is 25.3 Å². The molecule has 0 aromatic carbocycles. The van der Waals surface area contributed by atoms with E-state index in [1.807, 2.05) is 20.8 Å². The molecule has 4 amide bonds. The number of alkyl halides is 3. The third-order valence-electron chi connectivity index (χ3n) is 9.24. The Bertz CT molecular complexity index is 1310. The minimum atomic E-state index is -5.19. The molecule has 2 aliphatic heterocycles. The number of ketones is 1. The Labute approximate surface area is 253 Å². The number of aromatic nitrogens is 2. The molecule has 44 heavy (non-hydrogen) atoms. The molecule has 2 saturated heterocycles. The SMILES string of the molecule is CCc1cc(OCC(=O)[C@H](C[C@@H]2CCNC2=O)NC(=O)[C@@H]2[C@@H]3[C@H](CN2C(=O)[C@@H](NC(=O)C(F)(F)F)C(C)C)C3(C)C)n(C)n1. The van der Waals surface area contributed by atoms with Gasteiger partial charge in [-0.1, -0.05) is 34.6 Å². The lowest BCUT2D eigenvalue weighted by Gasteiger charge is -2.35. The summed E-state index contributed by atoms with van der Waals surface area (Å²) in [7, 11) is 1.67. The Morgan fingerprint density at radius 1 is 1.20 bits per heavy atom. The zero-order valence-electron chi connectivity index (χ0n) is 25.8. The fraction of sp³-hybridized carbons (Fsp3) is 0.724. The molecule has 3 N–H and O–H groups in total. The highest BCUT2D eigenvalue weighted by Crippen LogP contribution is 2.65. The second-order valence-corrected chi connectivity index (χ2v) is 12.9. The van der Waals surface area contributed by atoms with Crippen LogP contribution in [0.1, 0.15) is 53.2 Å². The van der Waals surface area contributed by atoms with Crippen LogP contribution >= 0.6 is 0 Å². The van der Waals surface area contributed by atoms with Gasteiger partial charge in [0.1, 0.15) is 12.1 Å². The van der Waals surface area contributed by atoms with Crippen LogP contribution in [0.25, 0.3) is 0 Å². The Kier molecular flexibility index (Phi) is 9.36. The number of aryl methyl sites for hydroxylation is 2. The van der Waals surface area contributed by atoms with Gasteiger partial charge in [0.2, 0.25) is 23.6 Å². The summed E-state index contributed by atoms with van der Waals surface area (Å²) in [5.74, 6) is -5.68. The molecule has 0 spiro atoms. The lowest BCUT2D eigenvalue weighted by Crippen LogP contribution is -2.59. The van der Waals surface area contributed by atoms with Crippen LogP contribution in [0.3, 0.4) is 0 Å². The summed E-state index contributed by atoms with van der Waals surface area (Å²) < 4.78 is 46.3. The van der Waals surface area contributed by atoms with Gasteiger partial charge in [-0.2, -0.15) is 18.3 Å². The number of fused-ring (bicyclic) bond motifs is 1. The molecule has 15 heteroatoms. The molecule has 3 aliphatic rings. The highest BCUT2D eigenvalue weighted by Gasteiger charge is 2.69. The van der Waals surface area contributed by atoms with Gasteiger partial charge < -0.3 is 25.6 Å². The van der Waals surface area contributed by atoms with Gasteiger partial charge in [-0.25, -0.2) is 4.68 Å². The van der Waals surface area contributed by atoms with Crippen LogP contribution in [0.15, 0.2) is 6.07 Å². The molecule has 6 atom stereocenters. The average Bonchev–Trinajstić information content (AvgIpc) is 3.41. The van der Waals surface area contributed by atoms with Crippen LogP contribution in [0, 0.1) is 29.1 Å². The maximum absolute atomic E-state index is 13.9. The number of halogens is 3. The first kappa shape index (κ1) is 33.2. The molecule has 1 saturated carbocycles. The largest absolute Gasteiger partial charge is 0.471 e. The summed E-state index contributed by atoms with van der Waals surface area (Å²) in [4.78, 5) is 66.3. The maximum atomic E-state index is 13.9. The van der Waals surface area contributed by atoms with E-state index in [9.17, 15) is 37.1 Å². The number of nitrogens with one attached hydrogen (secondary N) is 3. The predicted octanol–water partition coefficient (Wildman–Crippen LogP) is 1.13. The van der Waals surface area contributed by atoms with Gasteiger partial charge in [0, 0.05) is 32.1 Å². The summed E-state index contributed by atoms with van der Waals surface area (Å²) in [6.45, 7) is 8.95. The number of Topliss-reactive ketones (excluding diaryl/α,β-unsaturated/α-hetero) is 1. The molecule has 1 aliphatic carbocycles. The number of carbonyl (C=O) groups is 5. The Balaban J connectivity index is 1.54. The second kappa shape index (κ2) is 12.4. The van der Waals surface area contributed by atoms with E-state index in [4.69, 9.17) is 4.74 Å². The van der Waals surface area contributed by atoms with Crippen LogP contribution < -0.4 is 20.7 Å². The smallest absolute Gasteiger partial charge is 0.470 e. The molecular weight excluding hydrogens is 585 g/mol. The Morgan fingerprint density at radius 3 is 2.43 bits per heavy atom. The van der Waals surface area contributed by atoms with Crippen LogP contribution in [0.2, 0.25) is 0 Å². The van der Waals surface area contributed by atoms with E-state index in [-0.39, 0.29) is 36.1 Å². The fourth-order valence-corrected chi connectivity index (χ4v) is 6.47. The van der Waals surface area contributed by atoms with Gasteiger partial charge >= 0.3 is 12.1 Å². The first-order chi connectivity index (χ1) is 20.5. The van der Waals surface area contributed by atoms with Gasteiger partial charge in [0.15, 0.2) is 12.4 Å². The van der Waals surface area contributed by atoms with Gasteiger partial charge in [-0.15, -0.1) is 0 Å². The monoisotopic (exact) mass is 626 g/mol. The molecule has 1 aromatic heterocycles. The van der Waals surface area contributed by atoms with Gasteiger partial charge in [0.25, 0.3) is 0 Å². The van der Waals surface area contributed by atoms with Crippen molar-refractivity contribution in [2.75, 3.05) is 19.7 Å². The normalized spacial score (nSPS) is 25.2. The molecule has 0 radical (unpaired) electrons.